The SMILES string of the molecule is CC(C)(C(=O)NCCc1ccccc1)C(=O)Nc1ccccc1Cl. The number of nitrogens with one attached hydrogen (secondary N) is 2. The van der Waals surface area contributed by atoms with Gasteiger partial charge in [0.2, 0.25) is 11.8 Å². The van der Waals surface area contributed by atoms with E-state index in [9.17, 15) is 9.59 Å². The summed E-state index contributed by atoms with van der Waals surface area (Å²) < 4.78 is 0. The van der Waals surface area contributed by atoms with E-state index in [0.29, 0.717) is 17.3 Å². The first kappa shape index (κ1) is 18.0. The van der Waals surface area contributed by atoms with E-state index in [1.165, 1.54) is 0 Å². The van der Waals surface area contributed by atoms with Crippen LogP contribution in [0.5, 0.6) is 0 Å². The molecule has 0 unspecified atom stereocenters. The van der Waals surface area contributed by atoms with E-state index in [0.717, 1.165) is 12.0 Å². The zero-order valence-electron chi connectivity index (χ0n) is 13.8. The molecule has 0 aliphatic heterocycles. The fraction of sp³-hybridized carbons (Fsp3) is 0.263. The molecule has 5 heteroatoms. The predicted octanol–water partition coefficient (Wildman–Crippen LogP) is 3.66. The fourth-order valence-corrected chi connectivity index (χ4v) is 2.31. The number of para-hydroxylation sites is 1. The molecule has 2 aromatic rings. The molecule has 0 spiro atoms. The highest BCUT2D eigenvalue weighted by molar-refractivity contribution is 6.33. The molecule has 0 radical (unpaired) electrons. The molecule has 2 N–H and O–H groups in total. The lowest BCUT2D eigenvalue weighted by Gasteiger charge is -2.23. The minimum Gasteiger partial charge on any atom is -0.355 e. The highest BCUT2D eigenvalue weighted by Gasteiger charge is 2.36. The summed E-state index contributed by atoms with van der Waals surface area (Å²) in [4.78, 5) is 24.8. The molecule has 0 fully saturated rings. The summed E-state index contributed by atoms with van der Waals surface area (Å²) in [6, 6.07) is 16.8. The van der Waals surface area contributed by atoms with E-state index in [4.69, 9.17) is 11.6 Å². The van der Waals surface area contributed by atoms with Gasteiger partial charge >= 0.3 is 0 Å². The second-order valence-electron chi connectivity index (χ2n) is 6.05. The summed E-state index contributed by atoms with van der Waals surface area (Å²) >= 11 is 6.03. The zero-order valence-corrected chi connectivity index (χ0v) is 14.6. The van der Waals surface area contributed by atoms with Gasteiger partial charge in [0.05, 0.1) is 10.7 Å². The van der Waals surface area contributed by atoms with Gasteiger partial charge in [0.15, 0.2) is 0 Å². The van der Waals surface area contributed by atoms with E-state index in [2.05, 4.69) is 10.6 Å². The van der Waals surface area contributed by atoms with Crippen LogP contribution in [0.4, 0.5) is 5.69 Å². The van der Waals surface area contributed by atoms with Crippen LogP contribution in [0.1, 0.15) is 19.4 Å². The van der Waals surface area contributed by atoms with Crippen molar-refractivity contribution in [2.24, 2.45) is 5.41 Å². The van der Waals surface area contributed by atoms with Crippen LogP contribution in [-0.4, -0.2) is 18.4 Å². The van der Waals surface area contributed by atoms with E-state index < -0.39 is 11.3 Å². The van der Waals surface area contributed by atoms with Crippen molar-refractivity contribution in [3.05, 3.63) is 65.2 Å². The number of benzene rings is 2. The van der Waals surface area contributed by atoms with Crippen molar-refractivity contribution in [1.82, 2.24) is 5.32 Å². The lowest BCUT2D eigenvalue weighted by molar-refractivity contribution is -0.138. The number of rotatable bonds is 6. The molecule has 2 amide bonds. The Hall–Kier alpha value is -2.33. The molecule has 0 heterocycles. The smallest absolute Gasteiger partial charge is 0.239 e. The lowest BCUT2D eigenvalue weighted by Crippen LogP contribution is -2.45. The first-order chi connectivity index (χ1) is 11.4. The molecule has 126 valence electrons. The van der Waals surface area contributed by atoms with Gasteiger partial charge in [-0.05, 0) is 38.0 Å². The van der Waals surface area contributed by atoms with E-state index in [-0.39, 0.29) is 5.91 Å². The van der Waals surface area contributed by atoms with Crippen LogP contribution in [0.15, 0.2) is 54.6 Å². The molecule has 0 bridgehead atoms. The molecule has 2 rings (SSSR count). The maximum Gasteiger partial charge on any atom is 0.239 e. The average Bonchev–Trinajstić information content (AvgIpc) is 2.57. The number of hydrogen-bond acceptors (Lipinski definition) is 2. The maximum absolute atomic E-state index is 12.4. The fourth-order valence-electron chi connectivity index (χ4n) is 2.13. The van der Waals surface area contributed by atoms with Crippen molar-refractivity contribution in [3.8, 4) is 0 Å². The molecule has 2 aromatic carbocycles. The van der Waals surface area contributed by atoms with Crippen LogP contribution in [0.25, 0.3) is 0 Å². The summed E-state index contributed by atoms with van der Waals surface area (Å²) in [5, 5.41) is 5.96. The standard InChI is InChI=1S/C19H21ClN2O2/c1-19(2,18(24)22-16-11-7-6-10-15(16)20)17(23)21-13-12-14-8-4-3-5-9-14/h3-11H,12-13H2,1-2H3,(H,21,23)(H,22,24). The molecular formula is C19H21ClN2O2. The molecule has 0 aliphatic rings. The first-order valence-corrected chi connectivity index (χ1v) is 8.17. The molecule has 0 aromatic heterocycles. The van der Waals surface area contributed by atoms with Crippen molar-refractivity contribution >= 4 is 29.1 Å². The highest BCUT2D eigenvalue weighted by Crippen LogP contribution is 2.24. The number of amides is 2. The molecular weight excluding hydrogens is 324 g/mol. The minimum absolute atomic E-state index is 0.317. The average molecular weight is 345 g/mol. The largest absolute Gasteiger partial charge is 0.355 e. The Bertz CT molecular complexity index is 714. The molecule has 0 saturated carbocycles. The topological polar surface area (TPSA) is 58.2 Å². The summed E-state index contributed by atoms with van der Waals surface area (Å²) in [5.74, 6) is -0.712. The predicted molar refractivity (Wildman–Crippen MR) is 97.0 cm³/mol. The van der Waals surface area contributed by atoms with E-state index in [1.807, 2.05) is 30.3 Å². The normalized spacial score (nSPS) is 11.0. The van der Waals surface area contributed by atoms with Gasteiger partial charge in [0.25, 0.3) is 0 Å². The number of carbonyl (C=O) groups excluding carboxylic acids is 2. The van der Waals surface area contributed by atoms with Gasteiger partial charge in [-0.25, -0.2) is 0 Å². The van der Waals surface area contributed by atoms with Crippen LogP contribution in [0.3, 0.4) is 0 Å². The second-order valence-corrected chi connectivity index (χ2v) is 6.46. The Morgan fingerprint density at radius 2 is 1.58 bits per heavy atom. The first-order valence-electron chi connectivity index (χ1n) is 7.79. The van der Waals surface area contributed by atoms with E-state index >= 15 is 0 Å². The van der Waals surface area contributed by atoms with Gasteiger partial charge in [0, 0.05) is 6.54 Å². The summed E-state index contributed by atoms with van der Waals surface area (Å²) in [5.41, 5.74) is 0.431. The molecule has 0 aliphatic carbocycles. The highest BCUT2D eigenvalue weighted by atomic mass is 35.5. The third kappa shape index (κ3) is 4.59. The van der Waals surface area contributed by atoms with Crippen molar-refractivity contribution in [1.29, 1.82) is 0 Å². The Morgan fingerprint density at radius 1 is 0.958 bits per heavy atom. The number of hydrogen-bond donors (Lipinski definition) is 2. The van der Waals surface area contributed by atoms with Gasteiger partial charge in [-0.1, -0.05) is 54.1 Å². The summed E-state index contributed by atoms with van der Waals surface area (Å²) in [6.45, 7) is 3.67. The van der Waals surface area contributed by atoms with Crippen LogP contribution >= 0.6 is 11.6 Å². The van der Waals surface area contributed by atoms with Gasteiger partial charge in [0.1, 0.15) is 5.41 Å². The molecule has 0 atom stereocenters. The Kier molecular flexibility index (Phi) is 5.99. The summed E-state index contributed by atoms with van der Waals surface area (Å²) in [7, 11) is 0. The Balaban J connectivity index is 1.91. The van der Waals surface area contributed by atoms with Gasteiger partial charge in [-0.2, -0.15) is 0 Å². The van der Waals surface area contributed by atoms with E-state index in [1.54, 1.807) is 38.1 Å². The third-order valence-corrected chi connectivity index (χ3v) is 4.13. The van der Waals surface area contributed by atoms with Crippen molar-refractivity contribution in [3.63, 3.8) is 0 Å². The van der Waals surface area contributed by atoms with Gasteiger partial charge in [-0.15, -0.1) is 0 Å². The van der Waals surface area contributed by atoms with Crippen molar-refractivity contribution < 1.29 is 9.59 Å². The molecule has 4 nitrogen and oxygen atoms in total. The van der Waals surface area contributed by atoms with Crippen molar-refractivity contribution in [2.75, 3.05) is 11.9 Å². The number of carbonyl (C=O) groups is 2. The quantitative estimate of drug-likeness (QED) is 0.786. The lowest BCUT2D eigenvalue weighted by atomic mass is 9.91. The van der Waals surface area contributed by atoms with Gasteiger partial charge < -0.3 is 10.6 Å². The molecule has 24 heavy (non-hydrogen) atoms. The van der Waals surface area contributed by atoms with Crippen LogP contribution < -0.4 is 10.6 Å². The summed E-state index contributed by atoms with van der Waals surface area (Å²) in [6.07, 6.45) is 0.717. The van der Waals surface area contributed by atoms with Crippen LogP contribution in [0.2, 0.25) is 5.02 Å². The zero-order chi connectivity index (χ0) is 17.6. The number of halogens is 1. The van der Waals surface area contributed by atoms with Crippen molar-refractivity contribution in [2.45, 2.75) is 20.3 Å². The second kappa shape index (κ2) is 7.97. The van der Waals surface area contributed by atoms with Crippen LogP contribution in [0, 0.1) is 5.41 Å². The van der Waals surface area contributed by atoms with Crippen LogP contribution in [-0.2, 0) is 16.0 Å². The van der Waals surface area contributed by atoms with Gasteiger partial charge in [-0.3, -0.25) is 9.59 Å². The number of anilines is 1. The Labute approximate surface area is 147 Å². The Morgan fingerprint density at radius 3 is 2.25 bits per heavy atom. The minimum atomic E-state index is -1.20. The third-order valence-electron chi connectivity index (χ3n) is 3.80. The molecule has 0 saturated heterocycles. The monoisotopic (exact) mass is 344 g/mol. The maximum atomic E-state index is 12.4.